The molecule has 2 heteroatoms. The predicted molar refractivity (Wildman–Crippen MR) is 62.8 cm³/mol. The first kappa shape index (κ1) is 10.7. The van der Waals surface area contributed by atoms with Crippen molar-refractivity contribution < 1.29 is 4.79 Å². The van der Waals surface area contributed by atoms with Gasteiger partial charge in [0.15, 0.2) is 0 Å². The van der Waals surface area contributed by atoms with Crippen molar-refractivity contribution in [2.45, 2.75) is 26.2 Å². The highest BCUT2D eigenvalue weighted by atomic mass is 127. The minimum atomic E-state index is 0.283. The maximum absolute atomic E-state index is 10.7. The van der Waals surface area contributed by atoms with Crippen LogP contribution in [0.4, 0.5) is 0 Å². The van der Waals surface area contributed by atoms with Gasteiger partial charge in [-0.1, -0.05) is 12.1 Å². The van der Waals surface area contributed by atoms with Gasteiger partial charge in [-0.05, 0) is 60.1 Å². The lowest BCUT2D eigenvalue weighted by molar-refractivity contribution is -0.117. The molecular weight excluding hydrogens is 275 g/mol. The highest BCUT2D eigenvalue weighted by molar-refractivity contribution is 14.1. The van der Waals surface area contributed by atoms with E-state index in [4.69, 9.17) is 0 Å². The molecule has 0 fully saturated rings. The van der Waals surface area contributed by atoms with E-state index in [0.29, 0.717) is 6.42 Å². The summed E-state index contributed by atoms with van der Waals surface area (Å²) in [5.41, 5.74) is 1.33. The van der Waals surface area contributed by atoms with Crippen LogP contribution in [-0.4, -0.2) is 5.78 Å². The molecule has 0 heterocycles. The topological polar surface area (TPSA) is 17.1 Å². The Labute approximate surface area is 92.7 Å². The number of carbonyl (C=O) groups is 1. The normalized spacial score (nSPS) is 10.0. The van der Waals surface area contributed by atoms with Crippen molar-refractivity contribution in [1.82, 2.24) is 0 Å². The minimum absolute atomic E-state index is 0.283. The van der Waals surface area contributed by atoms with Gasteiger partial charge in [0.2, 0.25) is 0 Å². The summed E-state index contributed by atoms with van der Waals surface area (Å²) in [6, 6.07) is 8.42. The van der Waals surface area contributed by atoms with Gasteiger partial charge in [0.05, 0.1) is 0 Å². The van der Waals surface area contributed by atoms with Gasteiger partial charge >= 0.3 is 0 Å². The van der Waals surface area contributed by atoms with Crippen LogP contribution in [0.25, 0.3) is 0 Å². The zero-order chi connectivity index (χ0) is 9.68. The SMILES string of the molecule is CC(=O)CCCc1cccc(I)c1. The molecule has 1 aromatic carbocycles. The number of carbonyl (C=O) groups excluding carboxylic acids is 1. The second kappa shape index (κ2) is 5.37. The molecular formula is C11H13IO. The average molecular weight is 288 g/mol. The van der Waals surface area contributed by atoms with E-state index in [1.807, 2.05) is 0 Å². The van der Waals surface area contributed by atoms with E-state index in [1.54, 1.807) is 6.92 Å². The first-order chi connectivity index (χ1) is 6.18. The second-order valence-electron chi connectivity index (χ2n) is 3.19. The number of benzene rings is 1. The molecule has 0 unspecified atom stereocenters. The van der Waals surface area contributed by atoms with Gasteiger partial charge in [-0.2, -0.15) is 0 Å². The summed E-state index contributed by atoms with van der Waals surface area (Å²) < 4.78 is 1.26. The van der Waals surface area contributed by atoms with E-state index in [9.17, 15) is 4.79 Å². The van der Waals surface area contributed by atoms with Gasteiger partial charge in [-0.25, -0.2) is 0 Å². The van der Waals surface area contributed by atoms with E-state index < -0.39 is 0 Å². The second-order valence-corrected chi connectivity index (χ2v) is 4.43. The summed E-state index contributed by atoms with van der Waals surface area (Å²) in [6.45, 7) is 1.65. The molecule has 0 radical (unpaired) electrons. The maximum Gasteiger partial charge on any atom is 0.129 e. The van der Waals surface area contributed by atoms with Crippen LogP contribution in [0.1, 0.15) is 25.3 Å². The standard InChI is InChI=1S/C11H13IO/c1-9(13)4-2-5-10-6-3-7-11(12)8-10/h3,6-8H,2,4-5H2,1H3. The fourth-order valence-electron chi connectivity index (χ4n) is 1.23. The number of ketones is 1. The number of rotatable bonds is 4. The van der Waals surface area contributed by atoms with Crippen molar-refractivity contribution >= 4 is 28.4 Å². The molecule has 0 spiro atoms. The molecule has 0 N–H and O–H groups in total. The van der Waals surface area contributed by atoms with E-state index in [1.165, 1.54) is 9.13 Å². The number of aryl methyl sites for hydroxylation is 1. The third-order valence-corrected chi connectivity index (χ3v) is 2.55. The molecule has 0 aliphatic rings. The molecule has 0 bridgehead atoms. The smallest absolute Gasteiger partial charge is 0.129 e. The number of hydrogen-bond acceptors (Lipinski definition) is 1. The van der Waals surface area contributed by atoms with Gasteiger partial charge in [-0.15, -0.1) is 0 Å². The molecule has 0 aliphatic carbocycles. The monoisotopic (exact) mass is 288 g/mol. The van der Waals surface area contributed by atoms with Crippen LogP contribution >= 0.6 is 22.6 Å². The number of Topliss-reactive ketones (excluding diaryl/α,β-unsaturated/α-hetero) is 1. The molecule has 0 amide bonds. The van der Waals surface area contributed by atoms with Crippen LogP contribution in [0.15, 0.2) is 24.3 Å². The Bertz CT molecular complexity index is 294. The van der Waals surface area contributed by atoms with Crippen LogP contribution in [-0.2, 0) is 11.2 Å². The molecule has 1 nitrogen and oxygen atoms in total. The molecule has 1 aromatic rings. The molecule has 70 valence electrons. The summed E-state index contributed by atoms with van der Waals surface area (Å²) in [6.07, 6.45) is 2.68. The Morgan fingerprint density at radius 2 is 2.23 bits per heavy atom. The summed E-state index contributed by atoms with van der Waals surface area (Å²) in [7, 11) is 0. The number of halogens is 1. The fourth-order valence-corrected chi connectivity index (χ4v) is 1.84. The predicted octanol–water partition coefficient (Wildman–Crippen LogP) is 3.20. The third kappa shape index (κ3) is 4.41. The average Bonchev–Trinajstić information content (AvgIpc) is 2.03. The molecule has 0 aromatic heterocycles. The molecule has 0 atom stereocenters. The lowest BCUT2D eigenvalue weighted by Gasteiger charge is -2.00. The molecule has 0 aliphatic heterocycles. The van der Waals surface area contributed by atoms with Crippen LogP contribution in [0.5, 0.6) is 0 Å². The van der Waals surface area contributed by atoms with Crippen LogP contribution in [0, 0.1) is 3.57 Å². The molecule has 1 rings (SSSR count). The zero-order valence-electron chi connectivity index (χ0n) is 7.72. The van der Waals surface area contributed by atoms with Crippen LogP contribution < -0.4 is 0 Å². The van der Waals surface area contributed by atoms with Crippen molar-refractivity contribution in [3.05, 3.63) is 33.4 Å². The summed E-state index contributed by atoms with van der Waals surface area (Å²) in [5, 5.41) is 0. The fraction of sp³-hybridized carbons (Fsp3) is 0.364. The van der Waals surface area contributed by atoms with Crippen molar-refractivity contribution in [1.29, 1.82) is 0 Å². The zero-order valence-corrected chi connectivity index (χ0v) is 9.87. The van der Waals surface area contributed by atoms with Crippen LogP contribution in [0.2, 0.25) is 0 Å². The minimum Gasteiger partial charge on any atom is -0.300 e. The first-order valence-electron chi connectivity index (χ1n) is 4.42. The van der Waals surface area contributed by atoms with Crippen LogP contribution in [0.3, 0.4) is 0 Å². The largest absolute Gasteiger partial charge is 0.300 e. The third-order valence-electron chi connectivity index (χ3n) is 1.88. The quantitative estimate of drug-likeness (QED) is 0.778. The lowest BCUT2D eigenvalue weighted by Crippen LogP contribution is -1.92. The Morgan fingerprint density at radius 1 is 1.46 bits per heavy atom. The Morgan fingerprint density at radius 3 is 2.85 bits per heavy atom. The van der Waals surface area contributed by atoms with Crippen molar-refractivity contribution in [3.63, 3.8) is 0 Å². The molecule has 0 saturated heterocycles. The maximum atomic E-state index is 10.7. The number of hydrogen-bond donors (Lipinski definition) is 0. The highest BCUT2D eigenvalue weighted by Gasteiger charge is 1.96. The highest BCUT2D eigenvalue weighted by Crippen LogP contribution is 2.10. The van der Waals surface area contributed by atoms with Gasteiger partial charge in [0.1, 0.15) is 5.78 Å². The molecule has 13 heavy (non-hydrogen) atoms. The van der Waals surface area contributed by atoms with Gasteiger partial charge in [-0.3, -0.25) is 0 Å². The van der Waals surface area contributed by atoms with Gasteiger partial charge in [0, 0.05) is 9.99 Å². The van der Waals surface area contributed by atoms with E-state index in [0.717, 1.165) is 12.8 Å². The van der Waals surface area contributed by atoms with Crippen molar-refractivity contribution in [3.8, 4) is 0 Å². The summed E-state index contributed by atoms with van der Waals surface area (Å²) in [4.78, 5) is 10.7. The van der Waals surface area contributed by atoms with Gasteiger partial charge < -0.3 is 4.79 Å². The van der Waals surface area contributed by atoms with E-state index in [2.05, 4.69) is 46.9 Å². The summed E-state index contributed by atoms with van der Waals surface area (Å²) >= 11 is 2.30. The van der Waals surface area contributed by atoms with Gasteiger partial charge in [0.25, 0.3) is 0 Å². The first-order valence-corrected chi connectivity index (χ1v) is 5.50. The Hall–Kier alpha value is -0.380. The van der Waals surface area contributed by atoms with Crippen molar-refractivity contribution in [2.75, 3.05) is 0 Å². The molecule has 0 saturated carbocycles. The lowest BCUT2D eigenvalue weighted by atomic mass is 10.1. The van der Waals surface area contributed by atoms with E-state index >= 15 is 0 Å². The van der Waals surface area contributed by atoms with Crippen molar-refractivity contribution in [2.24, 2.45) is 0 Å². The summed E-state index contributed by atoms with van der Waals surface area (Å²) in [5.74, 6) is 0.283. The Kier molecular flexibility index (Phi) is 4.42. The van der Waals surface area contributed by atoms with E-state index in [-0.39, 0.29) is 5.78 Å². The Balaban J connectivity index is 2.41.